The van der Waals surface area contributed by atoms with Crippen molar-refractivity contribution in [3.05, 3.63) is 65.6 Å². The third-order valence-corrected chi connectivity index (χ3v) is 6.42. The van der Waals surface area contributed by atoms with Crippen LogP contribution in [0.4, 0.5) is 10.1 Å². The highest BCUT2D eigenvalue weighted by molar-refractivity contribution is 6.30. The molecule has 3 aromatic rings. The maximum Gasteiger partial charge on any atom is 0.293 e. The van der Waals surface area contributed by atoms with E-state index in [0.29, 0.717) is 40.2 Å². The molecule has 4 aliphatic rings. The Balaban J connectivity index is 1.19. The summed E-state index contributed by atoms with van der Waals surface area (Å²) in [5.74, 6) is -1.59. The minimum Gasteiger partial charge on any atom is -0.484 e. The van der Waals surface area contributed by atoms with Crippen LogP contribution in [0.25, 0.3) is 10.9 Å². The van der Waals surface area contributed by atoms with E-state index in [2.05, 4.69) is 10.3 Å². The van der Waals surface area contributed by atoms with Gasteiger partial charge >= 0.3 is 0 Å². The van der Waals surface area contributed by atoms with E-state index in [-0.39, 0.29) is 36.5 Å². The smallest absolute Gasteiger partial charge is 0.293 e. The monoisotopic (exact) mass is 470 g/mol. The number of fused-ring (bicyclic) bond motifs is 1. The third kappa shape index (κ3) is 3.93. The molecule has 1 aliphatic carbocycles. The van der Waals surface area contributed by atoms with Crippen LogP contribution in [0.3, 0.4) is 0 Å². The molecule has 3 aliphatic heterocycles. The van der Waals surface area contributed by atoms with Crippen LogP contribution in [0.15, 0.2) is 54.7 Å². The van der Waals surface area contributed by atoms with Gasteiger partial charge in [0.2, 0.25) is 5.91 Å². The van der Waals surface area contributed by atoms with E-state index in [0.717, 1.165) is 0 Å². The van der Waals surface area contributed by atoms with Crippen LogP contribution in [-0.4, -0.2) is 41.3 Å². The molecule has 4 bridgehead atoms. The Morgan fingerprint density at radius 2 is 1.88 bits per heavy atom. The maximum atomic E-state index is 13.8. The predicted octanol–water partition coefficient (Wildman–Crippen LogP) is 4.43. The van der Waals surface area contributed by atoms with Gasteiger partial charge < -0.3 is 24.3 Å². The average Bonchev–Trinajstić information content (AvgIpc) is 2.77. The van der Waals surface area contributed by atoms with Crippen LogP contribution in [0.5, 0.6) is 5.75 Å². The number of amides is 1. The molecule has 3 saturated heterocycles. The van der Waals surface area contributed by atoms with Gasteiger partial charge in [-0.1, -0.05) is 11.6 Å². The molecule has 7 rings (SSSR count). The van der Waals surface area contributed by atoms with Crippen LogP contribution in [-0.2, 0) is 19.0 Å². The number of hydrogen-bond acceptors (Lipinski definition) is 6. The number of carbonyl (C=O) groups excluding carboxylic acids is 1. The summed E-state index contributed by atoms with van der Waals surface area (Å²) in [7, 11) is 0. The lowest BCUT2D eigenvalue weighted by atomic mass is 9.86. The van der Waals surface area contributed by atoms with Crippen molar-refractivity contribution in [2.75, 3.05) is 5.32 Å². The first kappa shape index (κ1) is 20.8. The summed E-state index contributed by atoms with van der Waals surface area (Å²) in [6, 6.07) is 12.9. The molecule has 1 aromatic heterocycles. The fourth-order valence-corrected chi connectivity index (χ4v) is 4.93. The van der Waals surface area contributed by atoms with Crippen LogP contribution >= 0.6 is 11.6 Å². The number of anilines is 1. The van der Waals surface area contributed by atoms with E-state index in [4.69, 9.17) is 30.5 Å². The molecule has 33 heavy (non-hydrogen) atoms. The summed E-state index contributed by atoms with van der Waals surface area (Å²) in [6.45, 7) is 0. The Kier molecular flexibility index (Phi) is 4.99. The number of ether oxygens (including phenoxy) is 4. The highest BCUT2D eigenvalue weighted by Crippen LogP contribution is 2.48. The molecule has 0 radical (unpaired) electrons. The fraction of sp³-hybridized carbons (Fsp3) is 0.333. The van der Waals surface area contributed by atoms with Crippen molar-refractivity contribution < 1.29 is 28.1 Å². The molecule has 7 nitrogen and oxygen atoms in total. The van der Waals surface area contributed by atoms with E-state index in [1.165, 1.54) is 12.1 Å². The molecule has 1 amide bonds. The van der Waals surface area contributed by atoms with E-state index in [1.807, 2.05) is 0 Å². The van der Waals surface area contributed by atoms with Crippen molar-refractivity contribution >= 4 is 34.1 Å². The van der Waals surface area contributed by atoms with Gasteiger partial charge in [-0.25, -0.2) is 4.39 Å². The minimum atomic E-state index is -1.45. The topological polar surface area (TPSA) is 78.9 Å². The SMILES string of the molecule is O=C(CC12OC3CC(O1)C(Oc1ccnc4ccc(F)cc14)C(C3)O2)Nc1ccc(Cl)cc1. The molecule has 4 heterocycles. The molecule has 170 valence electrons. The number of benzene rings is 2. The molecule has 0 spiro atoms. The summed E-state index contributed by atoms with van der Waals surface area (Å²) in [5, 5.41) is 3.98. The lowest BCUT2D eigenvalue weighted by Gasteiger charge is -2.57. The van der Waals surface area contributed by atoms with E-state index < -0.39 is 12.1 Å². The Morgan fingerprint density at radius 1 is 1.12 bits per heavy atom. The summed E-state index contributed by atoms with van der Waals surface area (Å²) in [6.07, 6.45) is 1.62. The van der Waals surface area contributed by atoms with Crippen LogP contribution in [0, 0.1) is 5.82 Å². The van der Waals surface area contributed by atoms with Crippen LogP contribution in [0.1, 0.15) is 19.3 Å². The summed E-state index contributed by atoms with van der Waals surface area (Å²) in [5.41, 5.74) is 1.25. The molecule has 4 fully saturated rings. The molecule has 2 atom stereocenters. The van der Waals surface area contributed by atoms with Gasteiger partial charge in [-0.3, -0.25) is 9.78 Å². The van der Waals surface area contributed by atoms with Crippen molar-refractivity contribution in [3.8, 4) is 5.75 Å². The zero-order valence-electron chi connectivity index (χ0n) is 17.4. The predicted molar refractivity (Wildman–Crippen MR) is 117 cm³/mol. The van der Waals surface area contributed by atoms with Crippen molar-refractivity contribution in [2.45, 2.75) is 49.7 Å². The van der Waals surface area contributed by atoms with Crippen molar-refractivity contribution in [2.24, 2.45) is 0 Å². The lowest BCUT2D eigenvalue weighted by Crippen LogP contribution is -2.69. The van der Waals surface area contributed by atoms with Gasteiger partial charge in [0.15, 0.2) is 6.10 Å². The standard InChI is InChI=1S/C24H20ClFN2O5/c25-13-1-4-15(5-2-13)28-22(29)12-24-31-16-10-20(32-24)23(21(11-16)33-24)30-19-7-8-27-18-6-3-14(26)9-17(18)19/h1-9,16,20-21,23H,10-12H2,(H,28,29). The Hall–Kier alpha value is -2.78. The molecular weight excluding hydrogens is 451 g/mol. The average molecular weight is 471 g/mol. The normalized spacial score (nSPS) is 29.9. The Morgan fingerprint density at radius 3 is 2.64 bits per heavy atom. The summed E-state index contributed by atoms with van der Waals surface area (Å²) in [4.78, 5) is 16.9. The number of nitrogens with zero attached hydrogens (tertiary/aromatic N) is 1. The highest BCUT2D eigenvalue weighted by Gasteiger charge is 2.61. The van der Waals surface area contributed by atoms with Crippen molar-refractivity contribution in [1.82, 2.24) is 4.98 Å². The molecule has 1 N–H and O–H groups in total. The number of pyridine rings is 1. The number of nitrogens with one attached hydrogen (secondary N) is 1. The molecule has 2 aromatic carbocycles. The maximum absolute atomic E-state index is 13.8. The number of aromatic nitrogens is 1. The van der Waals surface area contributed by atoms with Gasteiger partial charge in [0.25, 0.3) is 5.97 Å². The van der Waals surface area contributed by atoms with E-state index in [1.54, 1.807) is 42.6 Å². The van der Waals surface area contributed by atoms with Crippen LogP contribution in [0.2, 0.25) is 5.02 Å². The highest BCUT2D eigenvalue weighted by atomic mass is 35.5. The lowest BCUT2D eigenvalue weighted by molar-refractivity contribution is -0.504. The van der Waals surface area contributed by atoms with Gasteiger partial charge in [-0.05, 0) is 48.5 Å². The molecule has 2 unspecified atom stereocenters. The summed E-state index contributed by atoms with van der Waals surface area (Å²) >= 11 is 5.90. The molecule has 9 heteroatoms. The van der Waals surface area contributed by atoms with Crippen molar-refractivity contribution in [3.63, 3.8) is 0 Å². The van der Waals surface area contributed by atoms with Crippen molar-refractivity contribution in [1.29, 1.82) is 0 Å². The summed E-state index contributed by atoms with van der Waals surface area (Å²) < 4.78 is 38.3. The number of halogens is 2. The number of hydrogen-bond donors (Lipinski definition) is 1. The van der Waals surface area contributed by atoms with Gasteiger partial charge in [0.05, 0.1) is 11.6 Å². The second kappa shape index (κ2) is 7.92. The largest absolute Gasteiger partial charge is 0.484 e. The fourth-order valence-electron chi connectivity index (χ4n) is 4.80. The molecule has 1 saturated carbocycles. The zero-order valence-corrected chi connectivity index (χ0v) is 18.1. The first-order valence-corrected chi connectivity index (χ1v) is 11.1. The number of rotatable bonds is 5. The van der Waals surface area contributed by atoms with Gasteiger partial charge in [-0.2, -0.15) is 0 Å². The first-order chi connectivity index (χ1) is 16.0. The second-order valence-corrected chi connectivity index (χ2v) is 8.93. The van der Waals surface area contributed by atoms with E-state index in [9.17, 15) is 9.18 Å². The number of carbonyl (C=O) groups is 1. The van der Waals surface area contributed by atoms with Gasteiger partial charge in [0, 0.05) is 35.1 Å². The minimum absolute atomic E-state index is 0.0858. The first-order valence-electron chi connectivity index (χ1n) is 10.8. The quantitative estimate of drug-likeness (QED) is 0.594. The Bertz CT molecular complexity index is 1210. The van der Waals surface area contributed by atoms with Gasteiger partial charge in [-0.15, -0.1) is 0 Å². The van der Waals surface area contributed by atoms with Gasteiger partial charge in [0.1, 0.15) is 30.2 Å². The zero-order chi connectivity index (χ0) is 22.6. The third-order valence-electron chi connectivity index (χ3n) is 6.16. The van der Waals surface area contributed by atoms with Crippen LogP contribution < -0.4 is 10.1 Å². The second-order valence-electron chi connectivity index (χ2n) is 8.49. The van der Waals surface area contributed by atoms with E-state index >= 15 is 0 Å². The Labute approximate surface area is 193 Å². The molecular formula is C24H20ClFN2O5.